The average Bonchev–Trinajstić information content (AvgIpc) is 2.36. The third-order valence-electron chi connectivity index (χ3n) is 3.27. The molecule has 0 bridgehead atoms. The van der Waals surface area contributed by atoms with Crippen LogP contribution in [0, 0.1) is 6.92 Å². The van der Waals surface area contributed by atoms with Gasteiger partial charge in [0.2, 0.25) is 0 Å². The van der Waals surface area contributed by atoms with Gasteiger partial charge in [0.25, 0.3) is 0 Å². The van der Waals surface area contributed by atoms with Crippen molar-refractivity contribution < 1.29 is 9.90 Å². The van der Waals surface area contributed by atoms with E-state index in [1.807, 2.05) is 26.0 Å². The summed E-state index contributed by atoms with van der Waals surface area (Å²) in [6.45, 7) is 5.91. The van der Waals surface area contributed by atoms with Gasteiger partial charge >= 0.3 is 0 Å². The number of benzene rings is 1. The number of hydrogen-bond acceptors (Lipinski definition) is 2. The fraction of sp³-hybridized carbons (Fsp3) is 0.533. The molecule has 1 aromatic carbocycles. The van der Waals surface area contributed by atoms with E-state index >= 15 is 0 Å². The van der Waals surface area contributed by atoms with Crippen LogP contribution in [0.25, 0.3) is 0 Å². The molecule has 0 saturated carbocycles. The Morgan fingerprint density at radius 2 is 1.82 bits per heavy atom. The zero-order valence-electron chi connectivity index (χ0n) is 11.0. The molecule has 1 N–H and O–H groups in total. The Morgan fingerprint density at radius 1 is 1.24 bits per heavy atom. The highest BCUT2D eigenvalue weighted by Crippen LogP contribution is 2.23. The van der Waals surface area contributed by atoms with Gasteiger partial charge in [-0.1, -0.05) is 56.5 Å². The predicted molar refractivity (Wildman–Crippen MR) is 70.3 cm³/mol. The second-order valence-corrected chi connectivity index (χ2v) is 4.68. The van der Waals surface area contributed by atoms with Crippen LogP contribution in [0.15, 0.2) is 24.3 Å². The van der Waals surface area contributed by atoms with Crippen molar-refractivity contribution in [1.29, 1.82) is 0 Å². The summed E-state index contributed by atoms with van der Waals surface area (Å²) in [4.78, 5) is 12.3. The van der Waals surface area contributed by atoms with Crippen LogP contribution < -0.4 is 0 Å². The van der Waals surface area contributed by atoms with Crippen molar-refractivity contribution in [2.24, 2.45) is 0 Å². The highest BCUT2D eigenvalue weighted by atomic mass is 16.3. The highest BCUT2D eigenvalue weighted by molar-refractivity contribution is 6.02. The standard InChI is InChI=1S/C15H22O2/c1-4-6-11-15(17,5-2)14(16)13-9-7-12(3)8-10-13/h7-10,17H,4-6,11H2,1-3H3. The van der Waals surface area contributed by atoms with E-state index < -0.39 is 5.60 Å². The lowest BCUT2D eigenvalue weighted by Crippen LogP contribution is -2.37. The zero-order chi connectivity index (χ0) is 12.9. The number of carbonyl (C=O) groups excluding carboxylic acids is 1. The average molecular weight is 234 g/mol. The molecule has 0 heterocycles. The molecule has 1 rings (SSSR count). The second-order valence-electron chi connectivity index (χ2n) is 4.68. The van der Waals surface area contributed by atoms with Gasteiger partial charge in [-0.05, 0) is 19.8 Å². The van der Waals surface area contributed by atoms with Crippen LogP contribution >= 0.6 is 0 Å². The summed E-state index contributed by atoms with van der Waals surface area (Å²) in [7, 11) is 0. The Morgan fingerprint density at radius 3 is 2.29 bits per heavy atom. The predicted octanol–water partition coefficient (Wildman–Crippen LogP) is 3.51. The molecule has 0 aliphatic carbocycles. The Balaban J connectivity index is 2.88. The van der Waals surface area contributed by atoms with Gasteiger partial charge in [0, 0.05) is 5.56 Å². The number of hydrogen-bond donors (Lipinski definition) is 1. The Bertz CT molecular complexity index is 367. The lowest BCUT2D eigenvalue weighted by atomic mass is 9.85. The molecule has 0 aromatic heterocycles. The smallest absolute Gasteiger partial charge is 0.194 e. The van der Waals surface area contributed by atoms with Crippen molar-refractivity contribution in [2.75, 3.05) is 0 Å². The first-order valence-corrected chi connectivity index (χ1v) is 6.37. The number of ketones is 1. The van der Waals surface area contributed by atoms with E-state index in [0.29, 0.717) is 18.4 Å². The van der Waals surface area contributed by atoms with Crippen LogP contribution in [0.1, 0.15) is 55.5 Å². The van der Waals surface area contributed by atoms with Crippen LogP contribution in [-0.4, -0.2) is 16.5 Å². The van der Waals surface area contributed by atoms with E-state index in [2.05, 4.69) is 6.92 Å². The first-order chi connectivity index (χ1) is 8.03. The molecule has 1 unspecified atom stereocenters. The van der Waals surface area contributed by atoms with Gasteiger partial charge in [0.15, 0.2) is 5.78 Å². The molecule has 1 atom stereocenters. The van der Waals surface area contributed by atoms with Crippen molar-refractivity contribution in [3.05, 3.63) is 35.4 Å². The number of carbonyl (C=O) groups is 1. The summed E-state index contributed by atoms with van der Waals surface area (Å²) in [5.41, 5.74) is 0.539. The van der Waals surface area contributed by atoms with Crippen LogP contribution in [0.4, 0.5) is 0 Å². The fourth-order valence-electron chi connectivity index (χ4n) is 1.89. The van der Waals surface area contributed by atoms with Crippen molar-refractivity contribution in [3.8, 4) is 0 Å². The summed E-state index contributed by atoms with van der Waals surface area (Å²) in [6.07, 6.45) is 2.89. The molecule has 94 valence electrons. The third kappa shape index (κ3) is 3.40. The summed E-state index contributed by atoms with van der Waals surface area (Å²) in [6, 6.07) is 7.40. The minimum absolute atomic E-state index is 0.145. The summed E-state index contributed by atoms with van der Waals surface area (Å²) >= 11 is 0. The van der Waals surface area contributed by atoms with Gasteiger partial charge in [-0.25, -0.2) is 0 Å². The molecule has 0 fully saturated rings. The van der Waals surface area contributed by atoms with E-state index in [0.717, 1.165) is 18.4 Å². The van der Waals surface area contributed by atoms with Crippen molar-refractivity contribution in [2.45, 2.75) is 52.1 Å². The zero-order valence-corrected chi connectivity index (χ0v) is 11.0. The molecule has 17 heavy (non-hydrogen) atoms. The first-order valence-electron chi connectivity index (χ1n) is 6.37. The summed E-state index contributed by atoms with van der Waals surface area (Å²) in [5, 5.41) is 10.4. The molecule has 0 saturated heterocycles. The van der Waals surface area contributed by atoms with Gasteiger partial charge in [-0.2, -0.15) is 0 Å². The topological polar surface area (TPSA) is 37.3 Å². The molecule has 1 aromatic rings. The maximum absolute atomic E-state index is 12.3. The van der Waals surface area contributed by atoms with Gasteiger partial charge in [-0.15, -0.1) is 0 Å². The van der Waals surface area contributed by atoms with Gasteiger partial charge in [0.1, 0.15) is 5.60 Å². The quantitative estimate of drug-likeness (QED) is 0.765. The van der Waals surface area contributed by atoms with E-state index in [4.69, 9.17) is 0 Å². The Hall–Kier alpha value is -1.15. The second kappa shape index (κ2) is 5.97. The molecular formula is C15H22O2. The van der Waals surface area contributed by atoms with Crippen LogP contribution in [-0.2, 0) is 0 Å². The number of rotatable bonds is 6. The lowest BCUT2D eigenvalue weighted by Gasteiger charge is -2.25. The van der Waals surface area contributed by atoms with Crippen LogP contribution in [0.2, 0.25) is 0 Å². The number of Topliss-reactive ketones (excluding diaryl/α,β-unsaturated/α-hetero) is 1. The number of aryl methyl sites for hydroxylation is 1. The van der Waals surface area contributed by atoms with Crippen molar-refractivity contribution in [1.82, 2.24) is 0 Å². The molecule has 2 heteroatoms. The third-order valence-corrected chi connectivity index (χ3v) is 3.27. The van der Waals surface area contributed by atoms with Crippen LogP contribution in [0.5, 0.6) is 0 Å². The molecule has 2 nitrogen and oxygen atoms in total. The molecule has 0 aliphatic rings. The molecule has 0 amide bonds. The molecule has 0 radical (unpaired) electrons. The van der Waals surface area contributed by atoms with E-state index in [-0.39, 0.29) is 5.78 Å². The van der Waals surface area contributed by atoms with E-state index in [1.54, 1.807) is 12.1 Å². The summed E-state index contributed by atoms with van der Waals surface area (Å²) < 4.78 is 0. The Kier molecular flexibility index (Phi) is 4.88. The first kappa shape index (κ1) is 13.9. The minimum atomic E-state index is -1.19. The van der Waals surface area contributed by atoms with E-state index in [1.165, 1.54) is 0 Å². The molecule has 0 aliphatic heterocycles. The highest BCUT2D eigenvalue weighted by Gasteiger charge is 2.33. The molecular weight excluding hydrogens is 212 g/mol. The van der Waals surface area contributed by atoms with Crippen molar-refractivity contribution in [3.63, 3.8) is 0 Å². The Labute approximate surface area is 104 Å². The lowest BCUT2D eigenvalue weighted by molar-refractivity contribution is 0.0240. The maximum Gasteiger partial charge on any atom is 0.194 e. The van der Waals surface area contributed by atoms with Gasteiger partial charge in [-0.3, -0.25) is 4.79 Å². The monoisotopic (exact) mass is 234 g/mol. The van der Waals surface area contributed by atoms with Crippen LogP contribution in [0.3, 0.4) is 0 Å². The van der Waals surface area contributed by atoms with Gasteiger partial charge in [0.05, 0.1) is 0 Å². The fourth-order valence-corrected chi connectivity index (χ4v) is 1.89. The normalized spacial score (nSPS) is 14.4. The number of aliphatic hydroxyl groups is 1. The summed E-state index contributed by atoms with van der Waals surface area (Å²) in [5.74, 6) is -0.145. The minimum Gasteiger partial charge on any atom is -0.382 e. The molecule has 0 spiro atoms. The SMILES string of the molecule is CCCCC(O)(CC)C(=O)c1ccc(C)cc1. The van der Waals surface area contributed by atoms with Gasteiger partial charge < -0.3 is 5.11 Å². The van der Waals surface area contributed by atoms with Crippen molar-refractivity contribution >= 4 is 5.78 Å². The largest absolute Gasteiger partial charge is 0.382 e. The van der Waals surface area contributed by atoms with E-state index in [9.17, 15) is 9.90 Å². The number of unbranched alkanes of at least 4 members (excludes halogenated alkanes) is 1. The maximum atomic E-state index is 12.3.